The largest absolute Gasteiger partial charge is 0.297 e. The minimum atomic E-state index is -3.71. The third kappa shape index (κ3) is 2.53. The van der Waals surface area contributed by atoms with Gasteiger partial charge in [-0.1, -0.05) is 39.7 Å². The Morgan fingerprint density at radius 3 is 2.55 bits per heavy atom. The molecule has 2 aromatic rings. The molecule has 0 amide bonds. The second-order valence-corrected chi connectivity index (χ2v) is 7.39. The summed E-state index contributed by atoms with van der Waals surface area (Å²) in [6.45, 7) is 1.91. The zero-order valence-electron chi connectivity index (χ0n) is 10.8. The molecule has 0 fully saturated rings. The highest BCUT2D eigenvalue weighted by Crippen LogP contribution is 2.39. The Kier molecular flexibility index (Phi) is 3.44. The zero-order valence-corrected chi connectivity index (χ0v) is 13.2. The van der Waals surface area contributed by atoms with Gasteiger partial charge in [0.05, 0.1) is 4.90 Å². The average molecular weight is 353 g/mol. The quantitative estimate of drug-likeness (QED) is 0.790. The van der Waals surface area contributed by atoms with E-state index in [9.17, 15) is 8.42 Å². The molecule has 0 spiro atoms. The van der Waals surface area contributed by atoms with Crippen molar-refractivity contribution in [3.8, 4) is 0 Å². The SMILES string of the molecule is Cc1ccc(S(=O)(=O)OC2Cc3ccc(Br)cc32)cc1. The summed E-state index contributed by atoms with van der Waals surface area (Å²) in [7, 11) is -3.71. The topological polar surface area (TPSA) is 43.4 Å². The fourth-order valence-electron chi connectivity index (χ4n) is 2.23. The normalized spacial score (nSPS) is 17.4. The fourth-order valence-corrected chi connectivity index (χ4v) is 3.67. The first-order chi connectivity index (χ1) is 9.45. The molecule has 0 saturated heterocycles. The van der Waals surface area contributed by atoms with Gasteiger partial charge in [0, 0.05) is 10.9 Å². The lowest BCUT2D eigenvalue weighted by atomic mass is 9.86. The van der Waals surface area contributed by atoms with Crippen LogP contribution in [0.4, 0.5) is 0 Å². The molecule has 3 nitrogen and oxygen atoms in total. The molecule has 0 bridgehead atoms. The van der Waals surface area contributed by atoms with Gasteiger partial charge in [-0.15, -0.1) is 0 Å². The molecule has 5 heteroatoms. The molecule has 0 aliphatic heterocycles. The van der Waals surface area contributed by atoms with Crippen LogP contribution in [0.15, 0.2) is 51.8 Å². The predicted molar refractivity (Wildman–Crippen MR) is 80.0 cm³/mol. The summed E-state index contributed by atoms with van der Waals surface area (Å²) in [4.78, 5) is 0.201. The number of benzene rings is 2. The van der Waals surface area contributed by atoms with E-state index >= 15 is 0 Å². The first-order valence-electron chi connectivity index (χ1n) is 6.24. The number of rotatable bonds is 3. The van der Waals surface area contributed by atoms with Gasteiger partial charge in [-0.05, 0) is 42.3 Å². The molecule has 0 radical (unpaired) electrons. The van der Waals surface area contributed by atoms with E-state index in [4.69, 9.17) is 4.18 Å². The predicted octanol–water partition coefficient (Wildman–Crippen LogP) is 3.76. The molecule has 1 aliphatic rings. The molecule has 20 heavy (non-hydrogen) atoms. The van der Waals surface area contributed by atoms with Gasteiger partial charge in [-0.2, -0.15) is 8.42 Å². The van der Waals surface area contributed by atoms with Crippen molar-refractivity contribution in [2.75, 3.05) is 0 Å². The van der Waals surface area contributed by atoms with Gasteiger partial charge in [0.2, 0.25) is 0 Å². The van der Waals surface area contributed by atoms with Crippen molar-refractivity contribution in [2.45, 2.75) is 24.3 Å². The molecule has 1 unspecified atom stereocenters. The second kappa shape index (κ2) is 4.98. The minimum absolute atomic E-state index is 0.201. The van der Waals surface area contributed by atoms with Crippen LogP contribution < -0.4 is 0 Å². The van der Waals surface area contributed by atoms with E-state index < -0.39 is 10.1 Å². The lowest BCUT2D eigenvalue weighted by molar-refractivity contribution is 0.189. The fraction of sp³-hybridized carbons (Fsp3) is 0.200. The highest BCUT2D eigenvalue weighted by molar-refractivity contribution is 9.10. The van der Waals surface area contributed by atoms with Crippen LogP contribution in [0, 0.1) is 6.92 Å². The van der Waals surface area contributed by atoms with Gasteiger partial charge < -0.3 is 0 Å². The van der Waals surface area contributed by atoms with Crippen LogP contribution in [0.25, 0.3) is 0 Å². The molecule has 0 heterocycles. The lowest BCUT2D eigenvalue weighted by Gasteiger charge is -2.29. The molecule has 3 rings (SSSR count). The van der Waals surface area contributed by atoms with Gasteiger partial charge in [0.1, 0.15) is 6.10 Å². The molecule has 1 aliphatic carbocycles. The van der Waals surface area contributed by atoms with Crippen LogP contribution in [0.3, 0.4) is 0 Å². The third-order valence-corrected chi connectivity index (χ3v) is 5.24. The first kappa shape index (κ1) is 13.8. The summed E-state index contributed by atoms with van der Waals surface area (Å²) < 4.78 is 30.7. The van der Waals surface area contributed by atoms with Crippen molar-refractivity contribution in [3.63, 3.8) is 0 Å². The first-order valence-corrected chi connectivity index (χ1v) is 8.44. The summed E-state index contributed by atoms with van der Waals surface area (Å²) in [6.07, 6.45) is 0.252. The molecule has 1 atom stereocenters. The van der Waals surface area contributed by atoms with Crippen LogP contribution in [-0.2, 0) is 20.7 Å². The Morgan fingerprint density at radius 1 is 1.15 bits per heavy atom. The number of aryl methyl sites for hydroxylation is 1. The van der Waals surface area contributed by atoms with Crippen LogP contribution in [-0.4, -0.2) is 8.42 Å². The van der Waals surface area contributed by atoms with Gasteiger partial charge >= 0.3 is 0 Å². The summed E-state index contributed by atoms with van der Waals surface area (Å²) in [5, 5.41) is 0. The molecule has 0 saturated carbocycles. The summed E-state index contributed by atoms with van der Waals surface area (Å²) in [5.41, 5.74) is 3.09. The Labute approximate surface area is 126 Å². The molecule has 0 N–H and O–H groups in total. The summed E-state index contributed by atoms with van der Waals surface area (Å²) >= 11 is 3.39. The van der Waals surface area contributed by atoms with E-state index in [-0.39, 0.29) is 11.0 Å². The van der Waals surface area contributed by atoms with E-state index in [0.29, 0.717) is 6.42 Å². The van der Waals surface area contributed by atoms with E-state index in [1.54, 1.807) is 24.3 Å². The lowest BCUT2D eigenvalue weighted by Crippen LogP contribution is -2.23. The number of halogens is 1. The number of hydrogen-bond acceptors (Lipinski definition) is 3. The maximum absolute atomic E-state index is 12.2. The average Bonchev–Trinajstić information content (AvgIpc) is 2.39. The zero-order chi connectivity index (χ0) is 14.3. The van der Waals surface area contributed by atoms with Crippen molar-refractivity contribution >= 4 is 26.0 Å². The maximum Gasteiger partial charge on any atom is 0.297 e. The van der Waals surface area contributed by atoms with Crippen LogP contribution >= 0.6 is 15.9 Å². The minimum Gasteiger partial charge on any atom is -0.258 e. The molecular formula is C15H13BrO3S. The Balaban J connectivity index is 1.83. The van der Waals surface area contributed by atoms with Gasteiger partial charge in [0.15, 0.2) is 0 Å². The molecule has 0 aromatic heterocycles. The van der Waals surface area contributed by atoms with Crippen molar-refractivity contribution in [1.82, 2.24) is 0 Å². The highest BCUT2D eigenvalue weighted by Gasteiger charge is 2.32. The van der Waals surface area contributed by atoms with Crippen molar-refractivity contribution in [2.24, 2.45) is 0 Å². The van der Waals surface area contributed by atoms with Gasteiger partial charge in [-0.25, -0.2) is 0 Å². The third-order valence-electron chi connectivity index (χ3n) is 3.41. The highest BCUT2D eigenvalue weighted by atomic mass is 79.9. The van der Waals surface area contributed by atoms with Crippen molar-refractivity contribution in [3.05, 3.63) is 63.6 Å². The molecule has 104 valence electrons. The Morgan fingerprint density at radius 2 is 1.85 bits per heavy atom. The van der Waals surface area contributed by atoms with Gasteiger partial charge in [0.25, 0.3) is 10.1 Å². The number of hydrogen-bond donors (Lipinski definition) is 0. The number of fused-ring (bicyclic) bond motifs is 1. The van der Waals surface area contributed by atoms with Crippen molar-refractivity contribution in [1.29, 1.82) is 0 Å². The molecular weight excluding hydrogens is 340 g/mol. The Hall–Kier alpha value is -1.17. The molecule has 2 aromatic carbocycles. The summed E-state index contributed by atoms with van der Waals surface area (Å²) in [6, 6.07) is 12.5. The van der Waals surface area contributed by atoms with Gasteiger partial charge in [-0.3, -0.25) is 4.18 Å². The van der Waals surface area contributed by atoms with E-state index in [0.717, 1.165) is 21.2 Å². The van der Waals surface area contributed by atoms with E-state index in [1.165, 1.54) is 0 Å². The van der Waals surface area contributed by atoms with E-state index in [2.05, 4.69) is 15.9 Å². The van der Waals surface area contributed by atoms with E-state index in [1.807, 2.05) is 25.1 Å². The summed E-state index contributed by atoms with van der Waals surface area (Å²) in [5.74, 6) is 0. The maximum atomic E-state index is 12.2. The van der Waals surface area contributed by atoms with Crippen molar-refractivity contribution < 1.29 is 12.6 Å². The smallest absolute Gasteiger partial charge is 0.258 e. The monoisotopic (exact) mass is 352 g/mol. The second-order valence-electron chi connectivity index (χ2n) is 4.90. The standard InChI is InChI=1S/C15H13BrO3S/c1-10-2-6-13(7-3-10)20(17,18)19-15-8-11-4-5-12(16)9-14(11)15/h2-7,9,15H,8H2,1H3. The van der Waals surface area contributed by atoms with Crippen LogP contribution in [0.2, 0.25) is 0 Å². The van der Waals surface area contributed by atoms with Crippen LogP contribution in [0.5, 0.6) is 0 Å². The van der Waals surface area contributed by atoms with Crippen LogP contribution in [0.1, 0.15) is 22.8 Å². The Bertz CT molecular complexity index is 751.